The first kappa shape index (κ1) is 50.0. The summed E-state index contributed by atoms with van der Waals surface area (Å²) >= 11 is 0. The lowest BCUT2D eigenvalue weighted by molar-refractivity contribution is -0.256. The van der Waals surface area contributed by atoms with Crippen LogP contribution in [0.25, 0.3) is 10.8 Å². The minimum atomic E-state index is -1.44. The molecule has 10 heteroatoms. The zero-order valence-corrected chi connectivity index (χ0v) is 39.9. The highest BCUT2D eigenvalue weighted by Crippen LogP contribution is 2.62. The fraction of sp³-hybridized carbons (Fsp3) is 0.600. The number of unbranched alkanes of at least 4 members (excludes halogenated alkanes) is 11. The van der Waals surface area contributed by atoms with E-state index in [0.29, 0.717) is 25.2 Å². The molecule has 0 spiro atoms. The normalized spacial score (nSPS) is 23.0. The van der Waals surface area contributed by atoms with Crippen LogP contribution >= 0.6 is 0 Å². The number of aliphatic hydroxyl groups excluding tert-OH is 2. The molecule has 10 nitrogen and oxygen atoms in total. The molecule has 1 aliphatic heterocycles. The maximum atomic E-state index is 15.1. The third-order valence-electron chi connectivity index (χ3n) is 13.6. The molecule has 65 heavy (non-hydrogen) atoms. The van der Waals surface area contributed by atoms with Gasteiger partial charge >= 0.3 is 6.09 Å². The summed E-state index contributed by atoms with van der Waals surface area (Å²) in [4.78, 5) is 23.3. The number of rotatable bonds is 26. The number of benzene rings is 3. The van der Waals surface area contributed by atoms with Crippen LogP contribution in [0.1, 0.15) is 154 Å². The molecule has 1 saturated carbocycles. The number of hydrogen-bond donors (Lipinski definition) is 3. The highest BCUT2D eigenvalue weighted by molar-refractivity contribution is 6.03. The van der Waals surface area contributed by atoms with Crippen LogP contribution in [0, 0.1) is 17.8 Å². The molecular formula is C55H78N2O8. The van der Waals surface area contributed by atoms with Crippen molar-refractivity contribution in [2.24, 2.45) is 22.9 Å². The van der Waals surface area contributed by atoms with Gasteiger partial charge in [0.25, 0.3) is 0 Å². The summed E-state index contributed by atoms with van der Waals surface area (Å²) in [5, 5.41) is 38.1. The van der Waals surface area contributed by atoms with Gasteiger partial charge in [0.1, 0.15) is 23.1 Å². The number of aliphatic hydroxyl groups is 2. The number of nitrogens with zero attached hydrogens (tertiary/aromatic N) is 2. The first-order valence-corrected chi connectivity index (χ1v) is 24.9. The predicted molar refractivity (Wildman–Crippen MR) is 260 cm³/mol. The van der Waals surface area contributed by atoms with Gasteiger partial charge in [-0.1, -0.05) is 137 Å². The number of phenolic OH excluding ortho intramolecular Hbond substituents is 1. The zero-order chi connectivity index (χ0) is 46.2. The Hall–Kier alpha value is -4.38. The molecule has 0 aromatic heterocycles. The number of carbonyl (C=O) groups is 1. The summed E-state index contributed by atoms with van der Waals surface area (Å²) in [7, 11) is 0. The molecule has 3 aromatic rings. The van der Waals surface area contributed by atoms with Crippen molar-refractivity contribution >= 4 is 22.6 Å². The second-order valence-corrected chi connectivity index (χ2v) is 19.6. The quantitative estimate of drug-likeness (QED) is 0.0413. The van der Waals surface area contributed by atoms with Crippen LogP contribution in [0.15, 0.2) is 90.1 Å². The van der Waals surface area contributed by atoms with E-state index in [4.69, 9.17) is 24.2 Å². The highest BCUT2D eigenvalue weighted by Gasteiger charge is 2.65. The van der Waals surface area contributed by atoms with Crippen LogP contribution in [0.3, 0.4) is 0 Å². The van der Waals surface area contributed by atoms with Crippen molar-refractivity contribution in [1.82, 2.24) is 4.90 Å². The van der Waals surface area contributed by atoms with E-state index in [9.17, 15) is 15.3 Å². The van der Waals surface area contributed by atoms with Crippen molar-refractivity contribution in [1.29, 1.82) is 0 Å². The van der Waals surface area contributed by atoms with Gasteiger partial charge in [0.15, 0.2) is 0 Å². The fourth-order valence-corrected chi connectivity index (χ4v) is 10.6. The first-order valence-electron chi connectivity index (χ1n) is 24.9. The Labute approximate surface area is 389 Å². The third-order valence-corrected chi connectivity index (χ3v) is 13.6. The van der Waals surface area contributed by atoms with E-state index in [0.717, 1.165) is 78.1 Å². The number of carbonyl (C=O) groups excluding carboxylic acids is 1. The Kier molecular flexibility index (Phi) is 18.8. The molecule has 1 fully saturated rings. The number of ether oxygens (including phenoxy) is 3. The molecule has 356 valence electrons. The van der Waals surface area contributed by atoms with Gasteiger partial charge in [-0.2, -0.15) is 0 Å². The van der Waals surface area contributed by atoms with E-state index in [-0.39, 0.29) is 56.3 Å². The maximum absolute atomic E-state index is 15.1. The summed E-state index contributed by atoms with van der Waals surface area (Å²) in [5.74, 6) is -1.31. The molecule has 0 radical (unpaired) electrons. The molecule has 6 unspecified atom stereocenters. The van der Waals surface area contributed by atoms with Gasteiger partial charge in [0.2, 0.25) is 5.79 Å². The Morgan fingerprint density at radius 2 is 1.58 bits per heavy atom. The second kappa shape index (κ2) is 24.4. The zero-order valence-electron chi connectivity index (χ0n) is 39.9. The summed E-state index contributed by atoms with van der Waals surface area (Å²) in [6.45, 7) is 13.1. The van der Waals surface area contributed by atoms with Gasteiger partial charge < -0.3 is 34.4 Å². The molecule has 3 aromatic carbocycles. The van der Waals surface area contributed by atoms with Crippen LogP contribution in [-0.4, -0.2) is 75.9 Å². The lowest BCUT2D eigenvalue weighted by Crippen LogP contribution is -2.70. The average molecular weight is 895 g/mol. The summed E-state index contributed by atoms with van der Waals surface area (Å²) in [6, 6.07) is 19.0. The van der Waals surface area contributed by atoms with Crippen LogP contribution in [0.4, 0.5) is 4.79 Å². The standard InChI is InChI=1S/C55H78N2O8/c1-6-8-9-10-11-12-13-14-15-22-35-62-53(61)57(39-42-27-23-26-40-24-16-17-28-44(40)42)50-38-48(56-65-54(3,4)5)46-36-41(25-18-20-32-58)45(29-19-21-33-59)51-47-37-43(60)30-31-49(47)64-55(50,52(46)51)63-34-7-2/h7,16-17,23-24,26-28,30-31,36-37,41,45,50-52,58-60H,2,6,8-15,18-22,25,29,32-35,38-39H2,1,3-5H3. The largest absolute Gasteiger partial charge is 0.508 e. The lowest BCUT2D eigenvalue weighted by atomic mass is 9.55. The van der Waals surface area contributed by atoms with E-state index in [1.165, 1.54) is 44.9 Å². The van der Waals surface area contributed by atoms with Gasteiger partial charge in [-0.05, 0) is 105 Å². The van der Waals surface area contributed by atoms with E-state index in [1.54, 1.807) is 12.1 Å². The predicted octanol–water partition coefficient (Wildman–Crippen LogP) is 12.5. The summed E-state index contributed by atoms with van der Waals surface area (Å²) in [6.07, 6.45) is 20.3. The number of phenols is 1. The molecule has 0 bridgehead atoms. The van der Waals surface area contributed by atoms with Crippen molar-refractivity contribution in [3.63, 3.8) is 0 Å². The van der Waals surface area contributed by atoms with Gasteiger partial charge in [-0.3, -0.25) is 4.90 Å². The fourth-order valence-electron chi connectivity index (χ4n) is 10.6. The number of amides is 1. The van der Waals surface area contributed by atoms with Gasteiger partial charge in [-0.25, -0.2) is 4.79 Å². The van der Waals surface area contributed by atoms with Crippen molar-refractivity contribution in [2.75, 3.05) is 26.4 Å². The summed E-state index contributed by atoms with van der Waals surface area (Å²) < 4.78 is 20.8. The Morgan fingerprint density at radius 1 is 0.892 bits per heavy atom. The lowest BCUT2D eigenvalue weighted by Gasteiger charge is -2.60. The van der Waals surface area contributed by atoms with Crippen LogP contribution in [0.2, 0.25) is 0 Å². The van der Waals surface area contributed by atoms with Crippen molar-refractivity contribution < 1.29 is 39.2 Å². The van der Waals surface area contributed by atoms with E-state index in [1.807, 2.05) is 56.0 Å². The molecule has 6 atom stereocenters. The molecule has 0 saturated heterocycles. The molecular weight excluding hydrogens is 817 g/mol. The van der Waals surface area contributed by atoms with E-state index >= 15 is 4.79 Å². The van der Waals surface area contributed by atoms with Crippen molar-refractivity contribution in [3.05, 3.63) is 96.1 Å². The molecule has 3 aliphatic rings. The maximum Gasteiger partial charge on any atom is 0.410 e. The topological polar surface area (TPSA) is 130 Å². The minimum absolute atomic E-state index is 0.0449. The van der Waals surface area contributed by atoms with Gasteiger partial charge in [0.05, 0.1) is 31.4 Å². The third kappa shape index (κ3) is 12.7. The Morgan fingerprint density at radius 3 is 2.29 bits per heavy atom. The monoisotopic (exact) mass is 895 g/mol. The van der Waals surface area contributed by atoms with Crippen molar-refractivity contribution in [3.8, 4) is 11.5 Å². The molecule has 6 rings (SSSR count). The number of hydrogen-bond acceptors (Lipinski definition) is 9. The summed E-state index contributed by atoms with van der Waals surface area (Å²) in [5.41, 5.74) is 2.91. The van der Waals surface area contributed by atoms with Gasteiger partial charge in [-0.15, -0.1) is 6.58 Å². The number of aromatic hydroxyl groups is 1. The molecule has 2 aliphatic carbocycles. The first-order chi connectivity index (χ1) is 31.5. The van der Waals surface area contributed by atoms with Crippen LogP contribution < -0.4 is 4.74 Å². The van der Waals surface area contributed by atoms with Crippen LogP contribution in [0.5, 0.6) is 11.5 Å². The minimum Gasteiger partial charge on any atom is -0.508 e. The number of oxime groups is 1. The van der Waals surface area contributed by atoms with E-state index in [2.05, 4.69) is 43.8 Å². The van der Waals surface area contributed by atoms with E-state index < -0.39 is 29.4 Å². The average Bonchev–Trinajstić information content (AvgIpc) is 3.29. The number of fused-ring (bicyclic) bond motifs is 3. The second-order valence-electron chi connectivity index (χ2n) is 19.6. The molecule has 1 heterocycles. The number of allylic oxidation sites excluding steroid dienone is 1. The Bertz CT molecular complexity index is 2040. The Balaban J connectivity index is 1.47. The van der Waals surface area contributed by atoms with Crippen molar-refractivity contribution in [2.45, 2.75) is 167 Å². The molecule has 3 N–H and O–H groups in total. The SMILES string of the molecule is C=CCOC12Oc3ccc(O)cc3C3C(CCCCO)C(CCCCO)C=C(C(=NOC(C)(C)C)CC1N(Cc1cccc4ccccc14)C(=O)OCCCCCCCCCCCC)C32. The van der Waals surface area contributed by atoms with Gasteiger partial charge in [0, 0.05) is 31.1 Å². The van der Waals surface area contributed by atoms with Crippen LogP contribution in [-0.2, 0) is 20.9 Å². The smallest absolute Gasteiger partial charge is 0.410 e. The highest BCUT2D eigenvalue weighted by atomic mass is 16.7. The molecule has 1 amide bonds.